The van der Waals surface area contributed by atoms with E-state index in [1.807, 2.05) is 19.9 Å². The van der Waals surface area contributed by atoms with Gasteiger partial charge >= 0.3 is 0 Å². The standard InChI is InChI=1S/C13H22ClN3OS/c1-13(2,12(15)16-18)7-4-8-17(3)9-10-5-6-11(14)19-10/h5-6,18H,4,7-9H2,1-3H3,(H2,15,16). The summed E-state index contributed by atoms with van der Waals surface area (Å²) in [5, 5.41) is 11.8. The molecule has 1 aromatic rings. The number of nitrogens with two attached hydrogens (primary N) is 1. The Labute approximate surface area is 123 Å². The van der Waals surface area contributed by atoms with Crippen LogP contribution in [0.3, 0.4) is 0 Å². The summed E-state index contributed by atoms with van der Waals surface area (Å²) in [5.74, 6) is 0.292. The van der Waals surface area contributed by atoms with Crippen LogP contribution >= 0.6 is 22.9 Å². The summed E-state index contributed by atoms with van der Waals surface area (Å²) in [4.78, 5) is 3.52. The fourth-order valence-electron chi connectivity index (χ4n) is 1.84. The largest absolute Gasteiger partial charge is 0.409 e. The first-order valence-corrected chi connectivity index (χ1v) is 7.45. The van der Waals surface area contributed by atoms with E-state index in [-0.39, 0.29) is 5.41 Å². The molecule has 0 bridgehead atoms. The Morgan fingerprint density at radius 1 is 1.53 bits per heavy atom. The van der Waals surface area contributed by atoms with Crippen LogP contribution in [0.25, 0.3) is 0 Å². The maximum Gasteiger partial charge on any atom is 0.144 e. The van der Waals surface area contributed by atoms with E-state index in [9.17, 15) is 0 Å². The third-order valence-electron chi connectivity index (χ3n) is 3.20. The van der Waals surface area contributed by atoms with Crippen molar-refractivity contribution in [1.29, 1.82) is 0 Å². The predicted molar refractivity (Wildman–Crippen MR) is 82.1 cm³/mol. The molecule has 1 aromatic heterocycles. The first-order chi connectivity index (χ1) is 8.85. The zero-order valence-corrected chi connectivity index (χ0v) is 13.3. The van der Waals surface area contributed by atoms with Crippen molar-refractivity contribution in [2.45, 2.75) is 33.2 Å². The SMILES string of the molecule is CN(CCCC(C)(C)C(N)=NO)Cc1ccc(Cl)s1. The van der Waals surface area contributed by atoms with Gasteiger partial charge in [-0.15, -0.1) is 11.3 Å². The van der Waals surface area contributed by atoms with Gasteiger partial charge in [0.2, 0.25) is 0 Å². The molecule has 0 spiro atoms. The van der Waals surface area contributed by atoms with Crippen molar-refractivity contribution in [3.8, 4) is 0 Å². The molecule has 0 aromatic carbocycles. The van der Waals surface area contributed by atoms with E-state index in [0.717, 1.165) is 30.3 Å². The first kappa shape index (κ1) is 16.3. The second kappa shape index (κ2) is 7.12. The summed E-state index contributed by atoms with van der Waals surface area (Å²) in [6, 6.07) is 3.99. The summed E-state index contributed by atoms with van der Waals surface area (Å²) in [5.41, 5.74) is 5.41. The van der Waals surface area contributed by atoms with Gasteiger partial charge in [-0.3, -0.25) is 0 Å². The van der Waals surface area contributed by atoms with Crippen LogP contribution in [0.5, 0.6) is 0 Å². The van der Waals surface area contributed by atoms with Crippen molar-refractivity contribution in [2.24, 2.45) is 16.3 Å². The molecule has 0 saturated carbocycles. The van der Waals surface area contributed by atoms with E-state index >= 15 is 0 Å². The Morgan fingerprint density at radius 3 is 2.74 bits per heavy atom. The molecule has 0 aliphatic heterocycles. The van der Waals surface area contributed by atoms with Crippen LogP contribution in [0.2, 0.25) is 4.34 Å². The minimum atomic E-state index is -0.262. The maximum atomic E-state index is 8.72. The molecule has 6 heteroatoms. The highest BCUT2D eigenvalue weighted by Crippen LogP contribution is 2.24. The Kier molecular flexibility index (Phi) is 6.10. The third-order valence-corrected chi connectivity index (χ3v) is 4.41. The molecule has 1 rings (SSSR count). The number of hydrogen-bond donors (Lipinski definition) is 2. The maximum absolute atomic E-state index is 8.72. The van der Waals surface area contributed by atoms with Crippen molar-refractivity contribution in [3.05, 3.63) is 21.3 Å². The average molecular weight is 304 g/mol. The second-order valence-electron chi connectivity index (χ2n) is 5.42. The molecule has 0 atom stereocenters. The Hall–Kier alpha value is -0.780. The number of thiophene rings is 1. The summed E-state index contributed by atoms with van der Waals surface area (Å²) in [6.07, 6.45) is 1.89. The predicted octanol–water partition coefficient (Wildman–Crippen LogP) is 3.39. The van der Waals surface area contributed by atoms with Gasteiger partial charge in [-0.1, -0.05) is 30.6 Å². The van der Waals surface area contributed by atoms with E-state index < -0.39 is 0 Å². The number of hydrogen-bond acceptors (Lipinski definition) is 4. The van der Waals surface area contributed by atoms with Crippen LogP contribution in [0.4, 0.5) is 0 Å². The molecule has 3 N–H and O–H groups in total. The number of amidine groups is 1. The van der Waals surface area contributed by atoms with Gasteiger partial charge < -0.3 is 15.8 Å². The summed E-state index contributed by atoms with van der Waals surface area (Å²) >= 11 is 7.52. The quantitative estimate of drug-likeness (QED) is 0.351. The van der Waals surface area contributed by atoms with Gasteiger partial charge in [0, 0.05) is 16.8 Å². The third kappa shape index (κ3) is 5.38. The van der Waals surface area contributed by atoms with Crippen molar-refractivity contribution in [3.63, 3.8) is 0 Å². The Bertz CT molecular complexity index is 431. The minimum absolute atomic E-state index is 0.262. The van der Waals surface area contributed by atoms with Crippen molar-refractivity contribution in [2.75, 3.05) is 13.6 Å². The fraction of sp³-hybridized carbons (Fsp3) is 0.615. The van der Waals surface area contributed by atoms with Crippen LogP contribution in [0, 0.1) is 5.41 Å². The molecule has 0 saturated heterocycles. The van der Waals surface area contributed by atoms with Crippen LogP contribution < -0.4 is 5.73 Å². The first-order valence-electron chi connectivity index (χ1n) is 6.26. The van der Waals surface area contributed by atoms with Gasteiger partial charge in [0.05, 0.1) is 4.34 Å². The van der Waals surface area contributed by atoms with E-state index in [0.29, 0.717) is 5.84 Å². The zero-order valence-electron chi connectivity index (χ0n) is 11.7. The average Bonchev–Trinajstić information content (AvgIpc) is 2.73. The van der Waals surface area contributed by atoms with Crippen LogP contribution in [-0.2, 0) is 6.54 Å². The molecule has 0 aliphatic carbocycles. The van der Waals surface area contributed by atoms with Crippen molar-refractivity contribution >= 4 is 28.8 Å². The normalized spacial score (nSPS) is 13.2. The van der Waals surface area contributed by atoms with Gasteiger partial charge in [0.15, 0.2) is 0 Å². The lowest BCUT2D eigenvalue weighted by molar-refractivity contribution is 0.288. The zero-order chi connectivity index (χ0) is 14.5. The van der Waals surface area contributed by atoms with Gasteiger partial charge in [-0.05, 0) is 38.6 Å². The van der Waals surface area contributed by atoms with Gasteiger partial charge in [0.25, 0.3) is 0 Å². The van der Waals surface area contributed by atoms with Crippen molar-refractivity contribution < 1.29 is 5.21 Å². The number of rotatable bonds is 7. The monoisotopic (exact) mass is 303 g/mol. The molecule has 0 fully saturated rings. The van der Waals surface area contributed by atoms with Gasteiger partial charge in [-0.25, -0.2) is 0 Å². The molecule has 1 heterocycles. The highest BCUT2D eigenvalue weighted by atomic mass is 35.5. The molecule has 0 unspecified atom stereocenters. The smallest absolute Gasteiger partial charge is 0.144 e. The van der Waals surface area contributed by atoms with Crippen LogP contribution in [0.1, 0.15) is 31.6 Å². The second-order valence-corrected chi connectivity index (χ2v) is 7.22. The lowest BCUT2D eigenvalue weighted by atomic mass is 9.86. The minimum Gasteiger partial charge on any atom is -0.409 e. The fourth-order valence-corrected chi connectivity index (χ4v) is 3.00. The Morgan fingerprint density at radius 2 is 2.21 bits per heavy atom. The summed E-state index contributed by atoms with van der Waals surface area (Å²) < 4.78 is 0.830. The van der Waals surface area contributed by atoms with E-state index in [2.05, 4.69) is 23.2 Å². The molecule has 19 heavy (non-hydrogen) atoms. The molecule has 0 aliphatic rings. The Balaban J connectivity index is 2.33. The lowest BCUT2D eigenvalue weighted by Crippen LogP contribution is -2.32. The highest BCUT2D eigenvalue weighted by Gasteiger charge is 2.23. The number of nitrogens with zero attached hydrogens (tertiary/aromatic N) is 2. The van der Waals surface area contributed by atoms with Gasteiger partial charge in [0.1, 0.15) is 5.84 Å². The van der Waals surface area contributed by atoms with E-state index in [1.165, 1.54) is 4.88 Å². The molecule has 0 radical (unpaired) electrons. The molecule has 108 valence electrons. The summed E-state index contributed by atoms with van der Waals surface area (Å²) in [6.45, 7) is 5.85. The highest BCUT2D eigenvalue weighted by molar-refractivity contribution is 7.16. The molecule has 0 amide bonds. The lowest BCUT2D eigenvalue weighted by Gasteiger charge is -2.24. The van der Waals surface area contributed by atoms with Gasteiger partial charge in [-0.2, -0.15) is 0 Å². The molecular formula is C13H22ClN3OS. The summed E-state index contributed by atoms with van der Waals surface area (Å²) in [7, 11) is 2.09. The van der Waals surface area contributed by atoms with E-state index in [4.69, 9.17) is 22.5 Å². The number of halogens is 1. The topological polar surface area (TPSA) is 61.8 Å². The molecular weight excluding hydrogens is 282 g/mol. The van der Waals surface area contributed by atoms with Crippen LogP contribution in [0.15, 0.2) is 17.3 Å². The van der Waals surface area contributed by atoms with E-state index in [1.54, 1.807) is 11.3 Å². The molecule has 4 nitrogen and oxygen atoms in total. The van der Waals surface area contributed by atoms with Crippen molar-refractivity contribution in [1.82, 2.24) is 4.90 Å². The van der Waals surface area contributed by atoms with Crippen LogP contribution in [-0.4, -0.2) is 29.5 Å². The number of oxime groups is 1.